The van der Waals surface area contributed by atoms with Crippen molar-refractivity contribution in [3.05, 3.63) is 53.9 Å². The number of rotatable bonds is 4. The molecule has 104 valence electrons. The molecule has 2 rings (SSSR count). The number of nitrogens with zero attached hydrogens (tertiary/aromatic N) is 3. The first-order valence-corrected chi connectivity index (χ1v) is 6.57. The smallest absolute Gasteiger partial charge is 0.271 e. The number of nitrogens with one attached hydrogen (secondary N) is 1. The van der Waals surface area contributed by atoms with E-state index in [-0.39, 0.29) is 17.9 Å². The third-order valence-electron chi connectivity index (χ3n) is 3.01. The molecule has 1 atom stereocenters. The van der Waals surface area contributed by atoms with Crippen LogP contribution in [0.3, 0.4) is 0 Å². The van der Waals surface area contributed by atoms with Crippen LogP contribution < -0.4 is 5.32 Å². The number of pyridine rings is 1. The Bertz CT molecular complexity index is 566. The highest BCUT2D eigenvalue weighted by atomic mass is 16.1. The standard InChI is InChI=1S/C15H18N4O/c1-10(2)14(12-5-4-6-16-8-12)19-15(20)13-9-17-11(3)7-18-13/h4-10,14H,1-3H3,(H,19,20)/t14-/m1/s1. The molecule has 1 N–H and O–H groups in total. The predicted octanol–water partition coefficient (Wildman–Crippen LogP) is 2.31. The van der Waals surface area contributed by atoms with Gasteiger partial charge in [0, 0.05) is 18.6 Å². The highest BCUT2D eigenvalue weighted by Crippen LogP contribution is 2.20. The lowest BCUT2D eigenvalue weighted by Gasteiger charge is -2.22. The average Bonchev–Trinajstić information content (AvgIpc) is 2.46. The molecular formula is C15H18N4O. The summed E-state index contributed by atoms with van der Waals surface area (Å²) in [4.78, 5) is 24.5. The van der Waals surface area contributed by atoms with Crippen molar-refractivity contribution >= 4 is 5.91 Å². The molecule has 0 aliphatic carbocycles. The molecule has 0 saturated carbocycles. The lowest BCUT2D eigenvalue weighted by atomic mass is 9.97. The third kappa shape index (κ3) is 3.38. The molecule has 0 spiro atoms. The maximum absolute atomic E-state index is 12.2. The minimum absolute atomic E-state index is 0.0979. The second-order valence-corrected chi connectivity index (χ2v) is 5.02. The quantitative estimate of drug-likeness (QED) is 0.925. The van der Waals surface area contributed by atoms with Crippen LogP contribution in [0, 0.1) is 12.8 Å². The molecular weight excluding hydrogens is 252 g/mol. The number of carbonyl (C=O) groups is 1. The van der Waals surface area contributed by atoms with E-state index >= 15 is 0 Å². The van der Waals surface area contributed by atoms with Crippen molar-refractivity contribution < 1.29 is 4.79 Å². The Morgan fingerprint density at radius 2 is 2.00 bits per heavy atom. The zero-order valence-electron chi connectivity index (χ0n) is 11.9. The number of carbonyl (C=O) groups excluding carboxylic acids is 1. The minimum Gasteiger partial charge on any atom is -0.344 e. The fourth-order valence-corrected chi connectivity index (χ4v) is 1.92. The Hall–Kier alpha value is -2.30. The Labute approximate surface area is 118 Å². The molecule has 20 heavy (non-hydrogen) atoms. The van der Waals surface area contributed by atoms with Gasteiger partial charge in [0.05, 0.1) is 17.9 Å². The van der Waals surface area contributed by atoms with Crippen LogP contribution in [0.15, 0.2) is 36.9 Å². The van der Waals surface area contributed by atoms with Crippen LogP contribution in [0.5, 0.6) is 0 Å². The molecule has 0 fully saturated rings. The number of aromatic nitrogens is 3. The van der Waals surface area contributed by atoms with E-state index in [1.165, 1.54) is 6.20 Å². The van der Waals surface area contributed by atoms with Crippen LogP contribution in [0.4, 0.5) is 0 Å². The molecule has 2 heterocycles. The van der Waals surface area contributed by atoms with Gasteiger partial charge in [0.1, 0.15) is 5.69 Å². The zero-order chi connectivity index (χ0) is 14.5. The van der Waals surface area contributed by atoms with E-state index in [4.69, 9.17) is 0 Å². The molecule has 0 aliphatic rings. The molecule has 2 aromatic rings. The summed E-state index contributed by atoms with van der Waals surface area (Å²) < 4.78 is 0. The summed E-state index contributed by atoms with van der Waals surface area (Å²) in [5, 5.41) is 2.99. The van der Waals surface area contributed by atoms with Gasteiger partial charge < -0.3 is 5.32 Å². The van der Waals surface area contributed by atoms with E-state index < -0.39 is 0 Å². The van der Waals surface area contributed by atoms with E-state index in [2.05, 4.69) is 34.1 Å². The predicted molar refractivity (Wildman–Crippen MR) is 76.1 cm³/mol. The van der Waals surface area contributed by atoms with Crippen molar-refractivity contribution in [3.8, 4) is 0 Å². The summed E-state index contributed by atoms with van der Waals surface area (Å²) in [7, 11) is 0. The SMILES string of the molecule is Cc1cnc(C(=O)N[C@@H](c2cccnc2)C(C)C)cn1. The van der Waals surface area contributed by atoms with E-state index in [9.17, 15) is 4.79 Å². The summed E-state index contributed by atoms with van der Waals surface area (Å²) in [6.45, 7) is 5.94. The Kier molecular flexibility index (Phi) is 4.40. The summed E-state index contributed by atoms with van der Waals surface area (Å²) in [6, 6.07) is 3.72. The van der Waals surface area contributed by atoms with Crippen molar-refractivity contribution in [1.82, 2.24) is 20.3 Å². The molecule has 5 nitrogen and oxygen atoms in total. The summed E-state index contributed by atoms with van der Waals surface area (Å²) in [5.74, 6) is 0.0293. The topological polar surface area (TPSA) is 67.8 Å². The van der Waals surface area contributed by atoms with Crippen LogP contribution in [-0.4, -0.2) is 20.9 Å². The summed E-state index contributed by atoms with van der Waals surface area (Å²) in [6.07, 6.45) is 6.56. The highest BCUT2D eigenvalue weighted by Gasteiger charge is 2.20. The van der Waals surface area contributed by atoms with Gasteiger partial charge in [0.25, 0.3) is 5.91 Å². The number of amides is 1. The van der Waals surface area contributed by atoms with E-state index in [0.717, 1.165) is 11.3 Å². The number of hydrogen-bond donors (Lipinski definition) is 1. The molecule has 0 saturated heterocycles. The van der Waals surface area contributed by atoms with Crippen molar-refractivity contribution in [1.29, 1.82) is 0 Å². The molecule has 0 unspecified atom stereocenters. The average molecular weight is 270 g/mol. The fourth-order valence-electron chi connectivity index (χ4n) is 1.92. The van der Waals surface area contributed by atoms with E-state index in [1.54, 1.807) is 18.6 Å². The summed E-state index contributed by atoms with van der Waals surface area (Å²) in [5.41, 5.74) is 2.09. The van der Waals surface area contributed by atoms with Gasteiger partial charge in [-0.05, 0) is 24.5 Å². The van der Waals surface area contributed by atoms with Gasteiger partial charge in [-0.15, -0.1) is 0 Å². The lowest BCUT2D eigenvalue weighted by Crippen LogP contribution is -2.32. The molecule has 0 radical (unpaired) electrons. The van der Waals surface area contributed by atoms with Gasteiger partial charge in [-0.2, -0.15) is 0 Å². The van der Waals surface area contributed by atoms with Crippen LogP contribution in [0.25, 0.3) is 0 Å². The van der Waals surface area contributed by atoms with Gasteiger partial charge in [-0.25, -0.2) is 4.98 Å². The second-order valence-electron chi connectivity index (χ2n) is 5.02. The highest BCUT2D eigenvalue weighted by molar-refractivity contribution is 5.92. The van der Waals surface area contributed by atoms with Gasteiger partial charge in [-0.3, -0.25) is 14.8 Å². The van der Waals surface area contributed by atoms with Gasteiger partial charge >= 0.3 is 0 Å². The van der Waals surface area contributed by atoms with Crippen molar-refractivity contribution in [2.45, 2.75) is 26.8 Å². The summed E-state index contributed by atoms with van der Waals surface area (Å²) >= 11 is 0. The zero-order valence-corrected chi connectivity index (χ0v) is 11.9. The van der Waals surface area contributed by atoms with Gasteiger partial charge in [0.15, 0.2) is 0 Å². The fraction of sp³-hybridized carbons (Fsp3) is 0.333. The Morgan fingerprint density at radius 1 is 1.20 bits per heavy atom. The monoisotopic (exact) mass is 270 g/mol. The molecule has 0 aliphatic heterocycles. The first-order valence-electron chi connectivity index (χ1n) is 6.57. The van der Waals surface area contributed by atoms with E-state index in [1.807, 2.05) is 19.1 Å². The molecule has 0 bridgehead atoms. The van der Waals surface area contributed by atoms with Crippen LogP contribution in [-0.2, 0) is 0 Å². The molecule has 1 amide bonds. The maximum atomic E-state index is 12.2. The number of hydrogen-bond acceptors (Lipinski definition) is 4. The van der Waals surface area contributed by atoms with Crippen LogP contribution in [0.2, 0.25) is 0 Å². The van der Waals surface area contributed by atoms with Crippen molar-refractivity contribution in [3.63, 3.8) is 0 Å². The van der Waals surface area contributed by atoms with Gasteiger partial charge in [-0.1, -0.05) is 19.9 Å². The maximum Gasteiger partial charge on any atom is 0.271 e. The Morgan fingerprint density at radius 3 is 2.55 bits per heavy atom. The largest absolute Gasteiger partial charge is 0.344 e. The first kappa shape index (κ1) is 14.1. The first-order chi connectivity index (χ1) is 9.58. The molecule has 5 heteroatoms. The molecule has 0 aromatic carbocycles. The lowest BCUT2D eigenvalue weighted by molar-refractivity contribution is 0.0920. The van der Waals surface area contributed by atoms with Gasteiger partial charge in [0.2, 0.25) is 0 Å². The normalized spacial score (nSPS) is 12.2. The van der Waals surface area contributed by atoms with Crippen LogP contribution in [0.1, 0.15) is 41.6 Å². The Balaban J connectivity index is 2.17. The van der Waals surface area contributed by atoms with Crippen LogP contribution >= 0.6 is 0 Å². The van der Waals surface area contributed by atoms with Crippen molar-refractivity contribution in [2.75, 3.05) is 0 Å². The second kappa shape index (κ2) is 6.23. The number of aryl methyl sites for hydroxylation is 1. The molecule has 2 aromatic heterocycles. The van der Waals surface area contributed by atoms with E-state index in [0.29, 0.717) is 5.69 Å². The third-order valence-corrected chi connectivity index (χ3v) is 3.01. The van der Waals surface area contributed by atoms with Crippen molar-refractivity contribution in [2.24, 2.45) is 5.92 Å². The minimum atomic E-state index is -0.222.